The molecule has 1 aliphatic heterocycles. The Morgan fingerprint density at radius 2 is 2.40 bits per heavy atom. The van der Waals surface area contributed by atoms with Gasteiger partial charge in [0, 0.05) is 12.3 Å². The lowest BCUT2D eigenvalue weighted by molar-refractivity contribution is -0.384. The molecule has 80 valence electrons. The molecular weight excluding hydrogens is 198 g/mol. The first-order chi connectivity index (χ1) is 7.11. The highest BCUT2D eigenvalue weighted by Gasteiger charge is 2.34. The molecule has 2 rings (SSSR count). The molecule has 0 saturated carbocycles. The molecule has 1 saturated heterocycles. The van der Waals surface area contributed by atoms with E-state index in [1.165, 1.54) is 18.5 Å². The highest BCUT2D eigenvalue weighted by molar-refractivity contribution is 5.60. The average molecular weight is 209 g/mol. The highest BCUT2D eigenvalue weighted by atomic mass is 16.6. The van der Waals surface area contributed by atoms with Crippen molar-refractivity contribution in [3.8, 4) is 0 Å². The minimum atomic E-state index is -0.424. The molecule has 0 aromatic carbocycles. The van der Waals surface area contributed by atoms with Gasteiger partial charge < -0.3 is 10.1 Å². The highest BCUT2D eigenvalue weighted by Crippen LogP contribution is 2.28. The van der Waals surface area contributed by atoms with Crippen LogP contribution in [0.4, 0.5) is 11.4 Å². The van der Waals surface area contributed by atoms with E-state index in [4.69, 9.17) is 4.74 Å². The molecule has 1 aromatic rings. The van der Waals surface area contributed by atoms with E-state index >= 15 is 0 Å². The number of rotatable bonds is 3. The number of pyridine rings is 1. The van der Waals surface area contributed by atoms with Crippen LogP contribution in [0.2, 0.25) is 0 Å². The van der Waals surface area contributed by atoms with Gasteiger partial charge in [0.15, 0.2) is 0 Å². The van der Waals surface area contributed by atoms with E-state index in [1.54, 1.807) is 0 Å². The lowest BCUT2D eigenvalue weighted by Gasteiger charge is -2.39. The first kappa shape index (κ1) is 9.85. The maximum Gasteiger partial charge on any atom is 0.295 e. The zero-order valence-corrected chi connectivity index (χ0v) is 8.27. The minimum absolute atomic E-state index is 0.0399. The van der Waals surface area contributed by atoms with E-state index in [0.29, 0.717) is 18.9 Å². The summed E-state index contributed by atoms with van der Waals surface area (Å²) in [4.78, 5) is 14.2. The summed E-state index contributed by atoms with van der Waals surface area (Å²) < 4.78 is 5.06. The number of hydrogen-bond acceptors (Lipinski definition) is 5. The average Bonchev–Trinajstić information content (AvgIpc) is 2.16. The van der Waals surface area contributed by atoms with Crippen molar-refractivity contribution in [1.29, 1.82) is 0 Å². The normalized spacial score (nSPS) is 17.9. The van der Waals surface area contributed by atoms with Gasteiger partial charge in [-0.2, -0.15) is 0 Å². The molecule has 1 aromatic heterocycles. The van der Waals surface area contributed by atoms with Crippen molar-refractivity contribution in [2.75, 3.05) is 18.5 Å². The van der Waals surface area contributed by atoms with Crippen LogP contribution in [0.3, 0.4) is 0 Å². The first-order valence-corrected chi connectivity index (χ1v) is 4.55. The molecule has 0 spiro atoms. The number of nitrogens with one attached hydrogen (secondary N) is 1. The second-order valence-electron chi connectivity index (χ2n) is 3.83. The number of nitro groups is 1. The maximum absolute atomic E-state index is 10.7. The second-order valence-corrected chi connectivity index (χ2v) is 3.83. The van der Waals surface area contributed by atoms with Crippen molar-refractivity contribution in [1.82, 2.24) is 4.98 Å². The molecule has 1 aliphatic rings. The van der Waals surface area contributed by atoms with Crippen LogP contribution < -0.4 is 5.32 Å². The van der Waals surface area contributed by atoms with Crippen LogP contribution in [0, 0.1) is 10.1 Å². The number of nitrogens with zero attached hydrogens (tertiary/aromatic N) is 2. The molecule has 0 atom stereocenters. The molecule has 1 N–H and O–H groups in total. The van der Waals surface area contributed by atoms with Crippen LogP contribution in [0.25, 0.3) is 0 Å². The van der Waals surface area contributed by atoms with E-state index in [2.05, 4.69) is 10.3 Å². The Hall–Kier alpha value is -1.69. The third-order valence-corrected chi connectivity index (χ3v) is 2.27. The van der Waals surface area contributed by atoms with Crippen LogP contribution in [-0.4, -0.2) is 28.7 Å². The van der Waals surface area contributed by atoms with Crippen molar-refractivity contribution in [2.24, 2.45) is 0 Å². The molecular formula is C9H11N3O3. The van der Waals surface area contributed by atoms with Gasteiger partial charge in [-0.1, -0.05) is 0 Å². The molecule has 1 fully saturated rings. The van der Waals surface area contributed by atoms with E-state index < -0.39 is 4.92 Å². The van der Waals surface area contributed by atoms with Gasteiger partial charge in [-0.25, -0.2) is 0 Å². The van der Waals surface area contributed by atoms with Crippen molar-refractivity contribution >= 4 is 11.4 Å². The van der Waals surface area contributed by atoms with Crippen molar-refractivity contribution in [3.63, 3.8) is 0 Å². The van der Waals surface area contributed by atoms with Gasteiger partial charge >= 0.3 is 0 Å². The molecule has 0 aliphatic carbocycles. The van der Waals surface area contributed by atoms with Gasteiger partial charge in [0.2, 0.25) is 0 Å². The summed E-state index contributed by atoms with van der Waals surface area (Å²) in [6.07, 6.45) is 2.87. The predicted octanol–water partition coefficient (Wildman–Crippen LogP) is 1.19. The Kier molecular flexibility index (Phi) is 2.28. The Labute approximate surface area is 86.4 Å². The topological polar surface area (TPSA) is 77.3 Å². The molecule has 0 unspecified atom stereocenters. The van der Waals surface area contributed by atoms with Crippen LogP contribution in [0.15, 0.2) is 18.5 Å². The number of aromatic nitrogens is 1. The van der Waals surface area contributed by atoms with Gasteiger partial charge in [0.1, 0.15) is 5.69 Å². The molecule has 0 bridgehead atoms. The Morgan fingerprint density at radius 1 is 1.67 bits per heavy atom. The van der Waals surface area contributed by atoms with Gasteiger partial charge in [0.25, 0.3) is 5.69 Å². The van der Waals surface area contributed by atoms with Crippen LogP contribution >= 0.6 is 0 Å². The van der Waals surface area contributed by atoms with Gasteiger partial charge in [-0.3, -0.25) is 15.1 Å². The molecule has 0 amide bonds. The van der Waals surface area contributed by atoms with Crippen LogP contribution in [-0.2, 0) is 4.74 Å². The summed E-state index contributed by atoms with van der Waals surface area (Å²) in [7, 11) is 0. The SMILES string of the molecule is CC1(Nc2cnccc2[N+](=O)[O-])COC1. The lowest BCUT2D eigenvalue weighted by atomic mass is 10.0. The van der Waals surface area contributed by atoms with E-state index in [0.717, 1.165) is 0 Å². The predicted molar refractivity (Wildman–Crippen MR) is 53.7 cm³/mol. The fourth-order valence-corrected chi connectivity index (χ4v) is 1.45. The Morgan fingerprint density at radius 3 is 2.93 bits per heavy atom. The zero-order valence-electron chi connectivity index (χ0n) is 8.27. The fraction of sp³-hybridized carbons (Fsp3) is 0.444. The zero-order chi connectivity index (χ0) is 10.9. The Bertz CT molecular complexity index is 390. The summed E-state index contributed by atoms with van der Waals surface area (Å²) in [5.41, 5.74) is 0.264. The van der Waals surface area contributed by atoms with Crippen molar-refractivity contribution in [3.05, 3.63) is 28.6 Å². The van der Waals surface area contributed by atoms with E-state index in [1.807, 2.05) is 6.92 Å². The fourth-order valence-electron chi connectivity index (χ4n) is 1.45. The van der Waals surface area contributed by atoms with Crippen LogP contribution in [0.5, 0.6) is 0 Å². The third-order valence-electron chi connectivity index (χ3n) is 2.27. The summed E-state index contributed by atoms with van der Waals surface area (Å²) >= 11 is 0. The van der Waals surface area contributed by atoms with Gasteiger partial charge in [-0.15, -0.1) is 0 Å². The van der Waals surface area contributed by atoms with Crippen molar-refractivity contribution in [2.45, 2.75) is 12.5 Å². The van der Waals surface area contributed by atoms with E-state index in [-0.39, 0.29) is 11.2 Å². The van der Waals surface area contributed by atoms with E-state index in [9.17, 15) is 10.1 Å². The van der Waals surface area contributed by atoms with Gasteiger partial charge in [-0.05, 0) is 6.92 Å². The largest absolute Gasteiger partial charge is 0.376 e. The lowest BCUT2D eigenvalue weighted by Crippen LogP contribution is -2.53. The Balaban J connectivity index is 2.23. The molecule has 2 heterocycles. The first-order valence-electron chi connectivity index (χ1n) is 4.55. The quantitative estimate of drug-likeness (QED) is 0.597. The molecule has 0 radical (unpaired) electrons. The smallest absolute Gasteiger partial charge is 0.295 e. The number of anilines is 1. The number of ether oxygens (including phenoxy) is 1. The van der Waals surface area contributed by atoms with Crippen LogP contribution in [0.1, 0.15) is 6.92 Å². The molecule has 15 heavy (non-hydrogen) atoms. The molecule has 6 heteroatoms. The van der Waals surface area contributed by atoms with Gasteiger partial charge in [0.05, 0.1) is 29.9 Å². The second kappa shape index (κ2) is 3.47. The summed E-state index contributed by atoms with van der Waals surface area (Å²) in [6, 6.07) is 1.38. The standard InChI is InChI=1S/C9H11N3O3/c1-9(5-15-6-9)11-7-4-10-3-2-8(7)12(13)14/h2-4,11H,5-6H2,1H3. The monoisotopic (exact) mass is 209 g/mol. The summed E-state index contributed by atoms with van der Waals surface area (Å²) in [6.45, 7) is 3.06. The maximum atomic E-state index is 10.7. The minimum Gasteiger partial charge on any atom is -0.376 e. The summed E-state index contributed by atoms with van der Waals surface area (Å²) in [5.74, 6) is 0. The number of hydrogen-bond donors (Lipinski definition) is 1. The summed E-state index contributed by atoms with van der Waals surface area (Å²) in [5, 5.41) is 13.8. The molecule has 6 nitrogen and oxygen atoms in total. The third kappa shape index (κ3) is 1.89. The van der Waals surface area contributed by atoms with Crippen molar-refractivity contribution < 1.29 is 9.66 Å².